The highest BCUT2D eigenvalue weighted by molar-refractivity contribution is 5.61. The van der Waals surface area contributed by atoms with E-state index in [-0.39, 0.29) is 5.82 Å². The van der Waals surface area contributed by atoms with Crippen LogP contribution < -0.4 is 5.32 Å². The lowest BCUT2D eigenvalue weighted by atomic mass is 10.2. The summed E-state index contributed by atoms with van der Waals surface area (Å²) in [6.45, 7) is 0. The number of halogens is 1. The van der Waals surface area contributed by atoms with E-state index >= 15 is 0 Å². The van der Waals surface area contributed by atoms with Crippen LogP contribution in [-0.2, 0) is 0 Å². The number of nitrogens with zero attached hydrogens (tertiary/aromatic N) is 1. The van der Waals surface area contributed by atoms with Gasteiger partial charge in [0, 0.05) is 11.3 Å². The maximum atomic E-state index is 12.8. The standard InChI is InChI=1S/C15H11FN2O/c16-12-6-8-13(9-7-12)17-15-18-14(10-19-15)11-4-2-1-3-5-11/h1-10H,(H,17,18). The van der Waals surface area contributed by atoms with Gasteiger partial charge >= 0.3 is 0 Å². The average molecular weight is 254 g/mol. The fourth-order valence-electron chi connectivity index (χ4n) is 1.73. The predicted octanol–water partition coefficient (Wildman–Crippen LogP) is 4.22. The zero-order valence-corrected chi connectivity index (χ0v) is 10.0. The predicted molar refractivity (Wildman–Crippen MR) is 71.6 cm³/mol. The molecular formula is C15H11FN2O. The summed E-state index contributed by atoms with van der Waals surface area (Å²) in [4.78, 5) is 4.33. The number of hydrogen-bond donors (Lipinski definition) is 1. The van der Waals surface area contributed by atoms with Gasteiger partial charge in [0.15, 0.2) is 0 Å². The Morgan fingerprint density at radius 2 is 1.68 bits per heavy atom. The molecule has 0 spiro atoms. The Labute approximate surface area is 109 Å². The average Bonchev–Trinajstić information content (AvgIpc) is 2.91. The fourth-order valence-corrected chi connectivity index (χ4v) is 1.73. The molecular weight excluding hydrogens is 243 g/mol. The van der Waals surface area contributed by atoms with Gasteiger partial charge in [0.25, 0.3) is 6.01 Å². The third-order valence-electron chi connectivity index (χ3n) is 2.67. The summed E-state index contributed by atoms with van der Waals surface area (Å²) in [7, 11) is 0. The van der Waals surface area contributed by atoms with E-state index in [2.05, 4.69) is 10.3 Å². The molecule has 4 heteroatoms. The Balaban J connectivity index is 1.80. The molecule has 0 amide bonds. The van der Waals surface area contributed by atoms with Crippen LogP contribution in [0, 0.1) is 5.82 Å². The summed E-state index contributed by atoms with van der Waals surface area (Å²) in [5, 5.41) is 2.98. The van der Waals surface area contributed by atoms with E-state index in [1.165, 1.54) is 12.1 Å². The first kappa shape index (κ1) is 11.5. The normalized spacial score (nSPS) is 10.4. The van der Waals surface area contributed by atoms with Crippen LogP contribution >= 0.6 is 0 Å². The van der Waals surface area contributed by atoms with Gasteiger partial charge < -0.3 is 9.73 Å². The van der Waals surface area contributed by atoms with E-state index in [0.717, 1.165) is 16.9 Å². The molecule has 1 aromatic heterocycles. The second-order valence-electron chi connectivity index (χ2n) is 4.04. The van der Waals surface area contributed by atoms with Crippen LogP contribution in [0.25, 0.3) is 11.3 Å². The van der Waals surface area contributed by atoms with E-state index in [1.807, 2.05) is 30.3 Å². The van der Waals surface area contributed by atoms with Crippen molar-refractivity contribution in [1.29, 1.82) is 0 Å². The molecule has 19 heavy (non-hydrogen) atoms. The molecule has 0 bridgehead atoms. The molecule has 1 N–H and O–H groups in total. The molecule has 0 aliphatic heterocycles. The van der Waals surface area contributed by atoms with Crippen LogP contribution in [0.5, 0.6) is 0 Å². The van der Waals surface area contributed by atoms with Gasteiger partial charge in [0.2, 0.25) is 0 Å². The Morgan fingerprint density at radius 1 is 0.947 bits per heavy atom. The number of benzene rings is 2. The minimum atomic E-state index is -0.275. The summed E-state index contributed by atoms with van der Waals surface area (Å²) in [5.74, 6) is -0.275. The van der Waals surface area contributed by atoms with Crippen LogP contribution in [0.2, 0.25) is 0 Å². The van der Waals surface area contributed by atoms with Crippen LogP contribution in [0.4, 0.5) is 16.1 Å². The molecule has 94 valence electrons. The molecule has 0 saturated carbocycles. The van der Waals surface area contributed by atoms with Gasteiger partial charge in [0.05, 0.1) is 0 Å². The van der Waals surface area contributed by atoms with E-state index < -0.39 is 0 Å². The molecule has 0 radical (unpaired) electrons. The van der Waals surface area contributed by atoms with Crippen molar-refractivity contribution >= 4 is 11.7 Å². The van der Waals surface area contributed by atoms with Gasteiger partial charge in [-0.3, -0.25) is 0 Å². The van der Waals surface area contributed by atoms with Crippen molar-refractivity contribution in [2.75, 3.05) is 5.32 Å². The van der Waals surface area contributed by atoms with Crippen LogP contribution in [0.15, 0.2) is 65.3 Å². The third-order valence-corrected chi connectivity index (χ3v) is 2.67. The molecule has 0 saturated heterocycles. The summed E-state index contributed by atoms with van der Waals surface area (Å²) < 4.78 is 18.1. The summed E-state index contributed by atoms with van der Waals surface area (Å²) in [6, 6.07) is 16.1. The number of anilines is 2. The summed E-state index contributed by atoms with van der Waals surface area (Å²) in [6.07, 6.45) is 1.58. The fraction of sp³-hybridized carbons (Fsp3) is 0. The number of nitrogens with one attached hydrogen (secondary N) is 1. The zero-order valence-electron chi connectivity index (χ0n) is 10.0. The van der Waals surface area contributed by atoms with E-state index in [9.17, 15) is 4.39 Å². The van der Waals surface area contributed by atoms with Crippen LogP contribution in [0.1, 0.15) is 0 Å². The van der Waals surface area contributed by atoms with Gasteiger partial charge in [-0.1, -0.05) is 30.3 Å². The Bertz CT molecular complexity index is 662. The van der Waals surface area contributed by atoms with Gasteiger partial charge in [-0.15, -0.1) is 0 Å². The second kappa shape index (κ2) is 4.94. The Kier molecular flexibility index (Phi) is 2.98. The minimum Gasteiger partial charge on any atom is -0.431 e. The highest BCUT2D eigenvalue weighted by atomic mass is 19.1. The van der Waals surface area contributed by atoms with Crippen molar-refractivity contribution in [2.24, 2.45) is 0 Å². The van der Waals surface area contributed by atoms with Gasteiger partial charge in [-0.05, 0) is 24.3 Å². The third kappa shape index (κ3) is 2.63. The number of rotatable bonds is 3. The monoisotopic (exact) mass is 254 g/mol. The first-order valence-corrected chi connectivity index (χ1v) is 5.85. The van der Waals surface area contributed by atoms with Crippen LogP contribution in [-0.4, -0.2) is 4.98 Å². The lowest BCUT2D eigenvalue weighted by Crippen LogP contribution is -1.90. The van der Waals surface area contributed by atoms with Crippen molar-refractivity contribution in [3.8, 4) is 11.3 Å². The first-order chi connectivity index (χ1) is 9.31. The van der Waals surface area contributed by atoms with E-state index in [0.29, 0.717) is 6.01 Å². The maximum absolute atomic E-state index is 12.8. The largest absolute Gasteiger partial charge is 0.431 e. The summed E-state index contributed by atoms with van der Waals surface area (Å²) in [5.41, 5.74) is 2.46. The molecule has 0 aliphatic rings. The molecule has 0 fully saturated rings. The Hall–Kier alpha value is -2.62. The molecule has 3 rings (SSSR count). The van der Waals surface area contributed by atoms with E-state index in [4.69, 9.17) is 4.42 Å². The maximum Gasteiger partial charge on any atom is 0.299 e. The molecule has 2 aromatic carbocycles. The van der Waals surface area contributed by atoms with Crippen molar-refractivity contribution in [2.45, 2.75) is 0 Å². The van der Waals surface area contributed by atoms with E-state index in [1.54, 1.807) is 18.4 Å². The molecule has 0 aliphatic carbocycles. The second-order valence-corrected chi connectivity index (χ2v) is 4.04. The molecule has 1 heterocycles. The van der Waals surface area contributed by atoms with Crippen molar-refractivity contribution < 1.29 is 8.81 Å². The minimum absolute atomic E-state index is 0.275. The van der Waals surface area contributed by atoms with Crippen molar-refractivity contribution in [3.05, 3.63) is 66.7 Å². The Morgan fingerprint density at radius 3 is 2.42 bits per heavy atom. The molecule has 3 aromatic rings. The lowest BCUT2D eigenvalue weighted by molar-refractivity contribution is 0.578. The SMILES string of the molecule is Fc1ccc(Nc2nc(-c3ccccc3)co2)cc1. The van der Waals surface area contributed by atoms with Crippen LogP contribution in [0.3, 0.4) is 0 Å². The smallest absolute Gasteiger partial charge is 0.299 e. The topological polar surface area (TPSA) is 38.1 Å². The zero-order chi connectivity index (χ0) is 13.1. The molecule has 0 atom stereocenters. The highest BCUT2D eigenvalue weighted by Gasteiger charge is 2.05. The van der Waals surface area contributed by atoms with Gasteiger partial charge in [-0.2, -0.15) is 4.98 Å². The van der Waals surface area contributed by atoms with Crippen molar-refractivity contribution in [3.63, 3.8) is 0 Å². The number of aromatic nitrogens is 1. The first-order valence-electron chi connectivity index (χ1n) is 5.85. The molecule has 0 unspecified atom stereocenters. The number of oxazole rings is 1. The lowest BCUT2D eigenvalue weighted by Gasteiger charge is -2.00. The number of hydrogen-bond acceptors (Lipinski definition) is 3. The molecule has 3 nitrogen and oxygen atoms in total. The quantitative estimate of drug-likeness (QED) is 0.760. The van der Waals surface area contributed by atoms with Crippen molar-refractivity contribution in [1.82, 2.24) is 4.98 Å². The van der Waals surface area contributed by atoms with Gasteiger partial charge in [-0.25, -0.2) is 4.39 Å². The summed E-state index contributed by atoms with van der Waals surface area (Å²) >= 11 is 0. The van der Waals surface area contributed by atoms with Gasteiger partial charge in [0.1, 0.15) is 17.8 Å². The highest BCUT2D eigenvalue weighted by Crippen LogP contribution is 2.22.